The number of carbonyl (C=O) groups is 2. The Kier molecular flexibility index (Phi) is 5.00. The van der Waals surface area contributed by atoms with Crippen LogP contribution in [0.4, 0.5) is 8.78 Å². The molecule has 114 valence electrons. The van der Waals surface area contributed by atoms with Crippen LogP contribution in [0, 0.1) is 0 Å². The van der Waals surface area contributed by atoms with Crippen LogP contribution in [0.15, 0.2) is 42.5 Å². The zero-order valence-corrected chi connectivity index (χ0v) is 11.8. The van der Waals surface area contributed by atoms with Crippen LogP contribution in [-0.4, -0.2) is 23.5 Å². The Bertz CT molecular complexity index is 705. The maximum atomic E-state index is 12.0. The topological polar surface area (TPSA) is 63.6 Å². The van der Waals surface area contributed by atoms with Crippen molar-refractivity contribution in [2.45, 2.75) is 6.61 Å². The van der Waals surface area contributed by atoms with Crippen LogP contribution in [0.2, 0.25) is 0 Å². The zero-order valence-electron chi connectivity index (χ0n) is 11.0. The highest BCUT2D eigenvalue weighted by Crippen LogP contribution is 2.19. The monoisotopic (exact) mass is 324 g/mol. The lowest BCUT2D eigenvalue weighted by Gasteiger charge is -2.03. The van der Waals surface area contributed by atoms with Crippen molar-refractivity contribution in [1.82, 2.24) is 0 Å². The summed E-state index contributed by atoms with van der Waals surface area (Å²) in [6.45, 7) is -2.88. The highest BCUT2D eigenvalue weighted by atomic mass is 32.1. The number of ketones is 1. The predicted octanol–water partition coefficient (Wildman–Crippen LogP) is 3.94. The highest BCUT2D eigenvalue weighted by Gasteiger charge is 2.10. The summed E-state index contributed by atoms with van der Waals surface area (Å²) in [4.78, 5) is 23.0. The molecule has 0 aliphatic heterocycles. The summed E-state index contributed by atoms with van der Waals surface area (Å²) in [7, 11) is 0. The fourth-order valence-electron chi connectivity index (χ4n) is 1.60. The molecule has 0 fully saturated rings. The molecule has 1 aromatic carbocycles. The molecule has 0 radical (unpaired) electrons. The number of hydrogen-bond acceptors (Lipinski definition) is 4. The number of aromatic carboxylic acids is 1. The molecule has 0 amide bonds. The molecule has 2 rings (SSSR count). The number of carboxylic acids is 1. The van der Waals surface area contributed by atoms with E-state index in [4.69, 9.17) is 5.11 Å². The first-order valence-electron chi connectivity index (χ1n) is 6.06. The summed E-state index contributed by atoms with van der Waals surface area (Å²) in [5.41, 5.74) is 0.630. The van der Waals surface area contributed by atoms with E-state index in [1.165, 1.54) is 48.6 Å². The van der Waals surface area contributed by atoms with Gasteiger partial charge in [-0.05, 0) is 35.9 Å². The molecule has 1 aromatic heterocycles. The summed E-state index contributed by atoms with van der Waals surface area (Å²) in [6.07, 6.45) is 2.80. The number of rotatable bonds is 6. The molecule has 0 unspecified atom stereocenters. The normalized spacial score (nSPS) is 11.0. The second kappa shape index (κ2) is 6.95. The largest absolute Gasteiger partial charge is 0.477 e. The number of carboxylic acid groups (broad SMARTS) is 1. The van der Waals surface area contributed by atoms with Crippen molar-refractivity contribution in [3.05, 3.63) is 57.8 Å². The highest BCUT2D eigenvalue weighted by molar-refractivity contribution is 7.16. The molecule has 1 N–H and O–H groups in total. The number of halogens is 2. The van der Waals surface area contributed by atoms with Crippen molar-refractivity contribution in [1.29, 1.82) is 0 Å². The van der Waals surface area contributed by atoms with Crippen LogP contribution in [0.25, 0.3) is 6.08 Å². The van der Waals surface area contributed by atoms with Gasteiger partial charge >= 0.3 is 12.6 Å². The Morgan fingerprint density at radius 3 is 2.27 bits per heavy atom. The quantitative estimate of drug-likeness (QED) is 0.645. The fourth-order valence-corrected chi connectivity index (χ4v) is 2.36. The third kappa shape index (κ3) is 4.23. The molecule has 1 heterocycles. The number of ether oxygens (including phenoxy) is 1. The molecular weight excluding hydrogens is 314 g/mol. The van der Waals surface area contributed by atoms with Gasteiger partial charge in [-0.25, -0.2) is 4.79 Å². The van der Waals surface area contributed by atoms with Crippen molar-refractivity contribution in [2.75, 3.05) is 0 Å². The summed E-state index contributed by atoms with van der Waals surface area (Å²) in [6, 6.07) is 8.59. The van der Waals surface area contributed by atoms with E-state index in [2.05, 4.69) is 4.74 Å². The maximum absolute atomic E-state index is 12.0. The number of carbonyl (C=O) groups excluding carboxylic acids is 1. The minimum Gasteiger partial charge on any atom is -0.477 e. The number of thiophene rings is 1. The third-order valence-electron chi connectivity index (χ3n) is 2.59. The summed E-state index contributed by atoms with van der Waals surface area (Å²) in [5, 5.41) is 8.79. The minimum absolute atomic E-state index is 0.0304. The van der Waals surface area contributed by atoms with Gasteiger partial charge in [0.05, 0.1) is 4.88 Å². The summed E-state index contributed by atoms with van der Waals surface area (Å²) in [5.74, 6) is -1.38. The molecule has 0 bridgehead atoms. The minimum atomic E-state index is -2.88. The molecule has 22 heavy (non-hydrogen) atoms. The molecule has 0 aliphatic carbocycles. The molecule has 0 spiro atoms. The third-order valence-corrected chi connectivity index (χ3v) is 3.68. The van der Waals surface area contributed by atoms with Gasteiger partial charge in [-0.15, -0.1) is 11.3 Å². The van der Waals surface area contributed by atoms with Crippen molar-refractivity contribution in [2.24, 2.45) is 0 Å². The van der Waals surface area contributed by atoms with E-state index >= 15 is 0 Å². The Morgan fingerprint density at radius 2 is 1.73 bits per heavy atom. The van der Waals surface area contributed by atoms with Gasteiger partial charge < -0.3 is 9.84 Å². The lowest BCUT2D eigenvalue weighted by Crippen LogP contribution is -2.01. The van der Waals surface area contributed by atoms with Gasteiger partial charge in [0.15, 0.2) is 5.78 Å². The zero-order chi connectivity index (χ0) is 16.1. The van der Waals surface area contributed by atoms with Crippen molar-refractivity contribution >= 4 is 29.2 Å². The molecule has 0 saturated carbocycles. The van der Waals surface area contributed by atoms with Crippen molar-refractivity contribution in [3.8, 4) is 5.75 Å². The first kappa shape index (κ1) is 15.8. The van der Waals surface area contributed by atoms with E-state index in [9.17, 15) is 18.4 Å². The molecule has 0 atom stereocenters. The SMILES string of the molecule is O=C(O)c1ccc(C(=O)/C=C/c2ccc(OC(F)F)cc2)s1. The lowest BCUT2D eigenvalue weighted by atomic mass is 10.2. The average molecular weight is 324 g/mol. The average Bonchev–Trinajstić information content (AvgIpc) is 2.96. The molecule has 0 saturated heterocycles. The van der Waals surface area contributed by atoms with E-state index in [-0.39, 0.29) is 16.4 Å². The van der Waals surface area contributed by atoms with Crippen LogP contribution in [0.3, 0.4) is 0 Å². The Hall–Kier alpha value is -2.54. The molecule has 7 heteroatoms. The number of hydrogen-bond donors (Lipinski definition) is 1. The predicted molar refractivity (Wildman–Crippen MR) is 77.7 cm³/mol. The second-order valence-corrected chi connectivity index (χ2v) is 5.20. The van der Waals surface area contributed by atoms with Crippen LogP contribution < -0.4 is 4.74 Å². The van der Waals surface area contributed by atoms with Gasteiger partial charge in [0, 0.05) is 0 Å². The summed E-state index contributed by atoms with van der Waals surface area (Å²) >= 11 is 0.890. The molecule has 2 aromatic rings. The van der Waals surface area contributed by atoms with E-state index < -0.39 is 12.6 Å². The molecule has 0 aliphatic rings. The van der Waals surface area contributed by atoms with Gasteiger partial charge in [0.2, 0.25) is 0 Å². The standard InChI is InChI=1S/C15H10F2O4S/c16-15(17)21-10-4-1-9(2-5-10)3-6-11(18)12-7-8-13(22-12)14(19)20/h1-8,15H,(H,19,20)/b6-3+. The first-order chi connectivity index (χ1) is 10.5. The number of alkyl halides is 2. The van der Waals surface area contributed by atoms with Crippen LogP contribution >= 0.6 is 11.3 Å². The van der Waals surface area contributed by atoms with Gasteiger partial charge in [-0.3, -0.25) is 4.79 Å². The van der Waals surface area contributed by atoms with Crippen molar-refractivity contribution < 1.29 is 28.2 Å². The summed E-state index contributed by atoms with van der Waals surface area (Å²) < 4.78 is 28.2. The van der Waals surface area contributed by atoms with Crippen molar-refractivity contribution in [3.63, 3.8) is 0 Å². The Balaban J connectivity index is 2.04. The van der Waals surface area contributed by atoms with Gasteiger partial charge in [0.1, 0.15) is 10.6 Å². The molecule has 4 nitrogen and oxygen atoms in total. The lowest BCUT2D eigenvalue weighted by molar-refractivity contribution is -0.0498. The van der Waals surface area contributed by atoms with Gasteiger partial charge in [-0.1, -0.05) is 18.2 Å². The van der Waals surface area contributed by atoms with E-state index in [0.29, 0.717) is 10.4 Å². The fraction of sp³-hybridized carbons (Fsp3) is 0.0667. The first-order valence-corrected chi connectivity index (χ1v) is 6.88. The van der Waals surface area contributed by atoms with E-state index in [1.54, 1.807) is 0 Å². The second-order valence-electron chi connectivity index (χ2n) is 4.11. The molecular formula is C15H10F2O4S. The van der Waals surface area contributed by atoms with Crippen LogP contribution in [0.1, 0.15) is 24.9 Å². The number of benzene rings is 1. The smallest absolute Gasteiger partial charge is 0.387 e. The van der Waals surface area contributed by atoms with Gasteiger partial charge in [-0.2, -0.15) is 8.78 Å². The van der Waals surface area contributed by atoms with E-state index in [0.717, 1.165) is 11.3 Å². The maximum Gasteiger partial charge on any atom is 0.387 e. The Morgan fingerprint density at radius 1 is 1.09 bits per heavy atom. The van der Waals surface area contributed by atoms with E-state index in [1.807, 2.05) is 0 Å². The van der Waals surface area contributed by atoms with Crippen LogP contribution in [0.5, 0.6) is 5.75 Å². The van der Waals surface area contributed by atoms with Gasteiger partial charge in [0.25, 0.3) is 0 Å². The van der Waals surface area contributed by atoms with Crippen LogP contribution in [-0.2, 0) is 0 Å². The Labute approximate surface area is 128 Å². The number of allylic oxidation sites excluding steroid dienone is 1.